The minimum absolute atomic E-state index is 0.158. The van der Waals surface area contributed by atoms with Crippen LogP contribution in [0.15, 0.2) is 22.7 Å². The van der Waals surface area contributed by atoms with Crippen LogP contribution in [-0.2, 0) is 25.1 Å². The number of methoxy groups -OCH3 is 2. The van der Waals surface area contributed by atoms with Gasteiger partial charge < -0.3 is 9.47 Å². The van der Waals surface area contributed by atoms with Crippen LogP contribution in [0.2, 0.25) is 0 Å². The molecule has 0 saturated heterocycles. The molecule has 0 heterocycles. The second-order valence-corrected chi connectivity index (χ2v) is 7.69. The molecule has 1 atom stereocenters. The molecule has 0 radical (unpaired) electrons. The predicted molar refractivity (Wildman–Crippen MR) is 79.4 cm³/mol. The van der Waals surface area contributed by atoms with E-state index in [1.54, 1.807) is 18.2 Å². The van der Waals surface area contributed by atoms with Gasteiger partial charge in [0.15, 0.2) is 9.84 Å². The lowest BCUT2D eigenvalue weighted by Crippen LogP contribution is -2.23. The summed E-state index contributed by atoms with van der Waals surface area (Å²) in [6.07, 6.45) is -0.158. The maximum Gasteiger partial charge on any atom is 0.306 e. The molecule has 0 saturated carbocycles. The monoisotopic (exact) mass is 364 g/mol. The lowest BCUT2D eigenvalue weighted by atomic mass is 10.2. The molecule has 0 spiro atoms. The van der Waals surface area contributed by atoms with Gasteiger partial charge >= 0.3 is 5.97 Å². The minimum atomic E-state index is -3.47. The van der Waals surface area contributed by atoms with Crippen molar-refractivity contribution in [3.8, 4) is 5.75 Å². The maximum atomic E-state index is 12.3. The Labute approximate surface area is 127 Å². The van der Waals surface area contributed by atoms with Crippen molar-refractivity contribution in [1.29, 1.82) is 0 Å². The molecule has 112 valence electrons. The number of sulfone groups is 1. The Hall–Kier alpha value is -1.08. The molecular weight excluding hydrogens is 348 g/mol. The Morgan fingerprint density at radius 3 is 2.55 bits per heavy atom. The molecule has 0 aliphatic carbocycles. The van der Waals surface area contributed by atoms with E-state index in [2.05, 4.69) is 20.7 Å². The van der Waals surface area contributed by atoms with Crippen molar-refractivity contribution in [2.75, 3.05) is 14.2 Å². The average Bonchev–Trinajstić information content (AvgIpc) is 2.38. The second-order valence-electron chi connectivity index (χ2n) is 4.35. The SMILES string of the molecule is COC(=O)CC(C)S(=O)(=O)Cc1cc(Br)ccc1OC. The largest absolute Gasteiger partial charge is 0.496 e. The Morgan fingerprint density at radius 1 is 1.35 bits per heavy atom. The van der Waals surface area contributed by atoms with Gasteiger partial charge in [0.1, 0.15) is 5.75 Å². The summed E-state index contributed by atoms with van der Waals surface area (Å²) in [5.74, 6) is -0.224. The highest BCUT2D eigenvalue weighted by molar-refractivity contribution is 9.10. The van der Waals surface area contributed by atoms with Gasteiger partial charge in [0, 0.05) is 10.0 Å². The first-order valence-electron chi connectivity index (χ1n) is 5.91. The van der Waals surface area contributed by atoms with E-state index in [0.29, 0.717) is 11.3 Å². The molecule has 0 fully saturated rings. The van der Waals surface area contributed by atoms with Crippen molar-refractivity contribution < 1.29 is 22.7 Å². The van der Waals surface area contributed by atoms with Gasteiger partial charge in [-0.25, -0.2) is 8.42 Å². The molecule has 20 heavy (non-hydrogen) atoms. The molecule has 1 unspecified atom stereocenters. The fourth-order valence-corrected chi connectivity index (χ4v) is 3.41. The summed E-state index contributed by atoms with van der Waals surface area (Å²) in [6.45, 7) is 1.50. The van der Waals surface area contributed by atoms with E-state index in [-0.39, 0.29) is 12.2 Å². The van der Waals surface area contributed by atoms with E-state index in [4.69, 9.17) is 4.74 Å². The second kappa shape index (κ2) is 7.08. The number of benzene rings is 1. The van der Waals surface area contributed by atoms with Gasteiger partial charge in [0.05, 0.1) is 31.6 Å². The van der Waals surface area contributed by atoms with Crippen LogP contribution in [0.4, 0.5) is 0 Å². The highest BCUT2D eigenvalue weighted by atomic mass is 79.9. The molecule has 0 amide bonds. The summed E-state index contributed by atoms with van der Waals surface area (Å²) in [5.41, 5.74) is 0.554. The number of carbonyl (C=O) groups is 1. The number of hydrogen-bond acceptors (Lipinski definition) is 5. The summed E-state index contributed by atoms with van der Waals surface area (Å²) in [4.78, 5) is 11.2. The molecule has 0 N–H and O–H groups in total. The van der Waals surface area contributed by atoms with Gasteiger partial charge in [-0.1, -0.05) is 15.9 Å². The Kier molecular flexibility index (Phi) is 6.01. The third-order valence-electron chi connectivity index (χ3n) is 2.89. The number of esters is 1. The maximum absolute atomic E-state index is 12.3. The standard InChI is InChI=1S/C13H17BrO5S/c1-9(6-13(15)19-3)20(16,17)8-10-7-11(14)4-5-12(10)18-2/h4-5,7,9H,6,8H2,1-3H3. The molecule has 1 rings (SSSR count). The third-order valence-corrected chi connectivity index (χ3v) is 5.49. The van der Waals surface area contributed by atoms with Crippen molar-refractivity contribution in [2.24, 2.45) is 0 Å². The van der Waals surface area contributed by atoms with Crippen LogP contribution in [-0.4, -0.2) is 33.9 Å². The van der Waals surface area contributed by atoms with Gasteiger partial charge in [0.25, 0.3) is 0 Å². The first kappa shape index (κ1) is 17.0. The van der Waals surface area contributed by atoms with Gasteiger partial charge in [-0.2, -0.15) is 0 Å². The van der Waals surface area contributed by atoms with Crippen molar-refractivity contribution in [3.63, 3.8) is 0 Å². The Balaban J connectivity index is 2.96. The normalized spacial score (nSPS) is 12.8. The zero-order valence-electron chi connectivity index (χ0n) is 11.6. The van der Waals surface area contributed by atoms with Crippen LogP contribution in [0.3, 0.4) is 0 Å². The Bertz CT molecular complexity index is 582. The fraction of sp³-hybridized carbons (Fsp3) is 0.462. The zero-order chi connectivity index (χ0) is 15.3. The summed E-state index contributed by atoms with van der Waals surface area (Å²) in [7, 11) is -0.751. The zero-order valence-corrected chi connectivity index (χ0v) is 14.0. The minimum Gasteiger partial charge on any atom is -0.496 e. The van der Waals surface area contributed by atoms with Gasteiger partial charge in [-0.3, -0.25) is 4.79 Å². The number of hydrogen-bond donors (Lipinski definition) is 0. The van der Waals surface area contributed by atoms with Crippen LogP contribution >= 0.6 is 15.9 Å². The molecule has 1 aromatic rings. The summed E-state index contributed by atoms with van der Waals surface area (Å²) in [5, 5.41) is -0.807. The topological polar surface area (TPSA) is 69.7 Å². The van der Waals surface area contributed by atoms with Crippen LogP contribution in [0.1, 0.15) is 18.9 Å². The molecule has 0 aliphatic rings. The first-order chi connectivity index (χ1) is 9.30. The van der Waals surface area contributed by atoms with E-state index in [0.717, 1.165) is 4.47 Å². The summed E-state index contributed by atoms with van der Waals surface area (Å²) >= 11 is 3.30. The number of ether oxygens (including phenoxy) is 2. The average molecular weight is 365 g/mol. The quantitative estimate of drug-likeness (QED) is 0.724. The van der Waals surface area contributed by atoms with Crippen LogP contribution in [0, 0.1) is 0 Å². The number of rotatable bonds is 6. The van der Waals surface area contributed by atoms with Crippen LogP contribution < -0.4 is 4.74 Å². The molecule has 0 aromatic heterocycles. The van der Waals surface area contributed by atoms with E-state index >= 15 is 0 Å². The first-order valence-corrected chi connectivity index (χ1v) is 8.41. The number of carbonyl (C=O) groups excluding carboxylic acids is 1. The summed E-state index contributed by atoms with van der Waals surface area (Å²) in [6, 6.07) is 5.16. The Morgan fingerprint density at radius 2 is 2.00 bits per heavy atom. The van der Waals surface area contributed by atoms with E-state index in [1.165, 1.54) is 21.1 Å². The van der Waals surface area contributed by atoms with E-state index in [9.17, 15) is 13.2 Å². The molecule has 5 nitrogen and oxygen atoms in total. The predicted octanol–water partition coefficient (Wildman–Crippen LogP) is 2.32. The highest BCUT2D eigenvalue weighted by Crippen LogP contribution is 2.26. The van der Waals surface area contributed by atoms with Crippen molar-refractivity contribution >= 4 is 31.7 Å². The molecule has 7 heteroatoms. The number of halogens is 1. The lowest BCUT2D eigenvalue weighted by molar-refractivity contribution is -0.140. The van der Waals surface area contributed by atoms with Crippen LogP contribution in [0.5, 0.6) is 5.75 Å². The smallest absolute Gasteiger partial charge is 0.306 e. The van der Waals surface area contributed by atoms with Crippen molar-refractivity contribution in [1.82, 2.24) is 0 Å². The van der Waals surface area contributed by atoms with Gasteiger partial charge in [-0.15, -0.1) is 0 Å². The highest BCUT2D eigenvalue weighted by Gasteiger charge is 2.25. The van der Waals surface area contributed by atoms with E-state index in [1.807, 2.05) is 0 Å². The van der Waals surface area contributed by atoms with Crippen molar-refractivity contribution in [3.05, 3.63) is 28.2 Å². The molecule has 1 aromatic carbocycles. The molecular formula is C13H17BrO5S. The van der Waals surface area contributed by atoms with Gasteiger partial charge in [0.2, 0.25) is 0 Å². The van der Waals surface area contributed by atoms with Gasteiger partial charge in [-0.05, 0) is 25.1 Å². The van der Waals surface area contributed by atoms with Crippen LogP contribution in [0.25, 0.3) is 0 Å². The third kappa shape index (κ3) is 4.49. The molecule has 0 aliphatic heterocycles. The lowest BCUT2D eigenvalue weighted by Gasteiger charge is -2.14. The molecule has 0 bridgehead atoms. The van der Waals surface area contributed by atoms with Crippen molar-refractivity contribution in [2.45, 2.75) is 24.3 Å². The fourth-order valence-electron chi connectivity index (χ4n) is 1.66. The summed E-state index contributed by atoms with van der Waals surface area (Å²) < 4.78 is 34.9. The van der Waals surface area contributed by atoms with E-state index < -0.39 is 21.1 Å².